The van der Waals surface area contributed by atoms with Crippen LogP contribution in [-0.2, 0) is 0 Å². The molecule has 0 saturated heterocycles. The molecule has 0 bridgehead atoms. The Morgan fingerprint density at radius 1 is 1.37 bits per heavy atom. The lowest BCUT2D eigenvalue weighted by molar-refractivity contribution is 0.204. The van der Waals surface area contributed by atoms with Gasteiger partial charge in [-0.1, -0.05) is 24.9 Å². The van der Waals surface area contributed by atoms with Crippen LogP contribution < -0.4 is 10.1 Å². The molecular formula is C14H21ClN2O2. The summed E-state index contributed by atoms with van der Waals surface area (Å²) in [5.74, 6) is 0.748. The van der Waals surface area contributed by atoms with Crippen LogP contribution in [0.3, 0.4) is 0 Å². The number of nitrogens with zero attached hydrogens (tertiary/aromatic N) is 1. The van der Waals surface area contributed by atoms with Crippen LogP contribution in [-0.4, -0.2) is 37.7 Å². The minimum absolute atomic E-state index is 0.0619. The molecule has 5 heteroatoms. The van der Waals surface area contributed by atoms with E-state index in [0.29, 0.717) is 18.2 Å². The quantitative estimate of drug-likeness (QED) is 0.782. The van der Waals surface area contributed by atoms with Gasteiger partial charge in [0, 0.05) is 18.6 Å². The van der Waals surface area contributed by atoms with Crippen LogP contribution in [0.1, 0.15) is 19.8 Å². The molecule has 1 aromatic carbocycles. The zero-order valence-corrected chi connectivity index (χ0v) is 12.2. The first kappa shape index (κ1) is 15.6. The summed E-state index contributed by atoms with van der Waals surface area (Å²) >= 11 is 5.77. The van der Waals surface area contributed by atoms with Gasteiger partial charge in [-0.15, -0.1) is 0 Å². The number of rotatable bonds is 7. The summed E-state index contributed by atoms with van der Waals surface area (Å²) in [6.07, 6.45) is 2.10. The highest BCUT2D eigenvalue weighted by molar-refractivity contribution is 6.30. The Labute approximate surface area is 119 Å². The third-order valence-electron chi connectivity index (χ3n) is 2.65. The number of urea groups is 1. The second-order valence-corrected chi connectivity index (χ2v) is 4.75. The van der Waals surface area contributed by atoms with E-state index >= 15 is 0 Å². The molecular weight excluding hydrogens is 264 g/mol. The second-order valence-electron chi connectivity index (χ2n) is 4.31. The number of amides is 2. The standard InChI is InChI=1S/C14H21ClN2O2/c1-3-4-10-17(2)14(18)16-9-11-19-13-7-5-12(15)6-8-13/h5-8H,3-4,9-11H2,1-2H3,(H,16,18). The summed E-state index contributed by atoms with van der Waals surface area (Å²) in [7, 11) is 1.80. The Hall–Kier alpha value is -1.42. The van der Waals surface area contributed by atoms with Crippen molar-refractivity contribution in [2.24, 2.45) is 0 Å². The highest BCUT2D eigenvalue weighted by Crippen LogP contribution is 2.15. The van der Waals surface area contributed by atoms with Crippen LogP contribution in [0.2, 0.25) is 5.02 Å². The molecule has 2 amide bonds. The lowest BCUT2D eigenvalue weighted by Gasteiger charge is -2.17. The zero-order valence-electron chi connectivity index (χ0n) is 11.5. The van der Waals surface area contributed by atoms with Gasteiger partial charge in [-0.05, 0) is 30.7 Å². The number of benzene rings is 1. The summed E-state index contributed by atoms with van der Waals surface area (Å²) < 4.78 is 5.48. The van der Waals surface area contributed by atoms with Gasteiger partial charge in [0.15, 0.2) is 0 Å². The Balaban J connectivity index is 2.16. The minimum Gasteiger partial charge on any atom is -0.492 e. The SMILES string of the molecule is CCCCN(C)C(=O)NCCOc1ccc(Cl)cc1. The highest BCUT2D eigenvalue weighted by Gasteiger charge is 2.06. The maximum atomic E-state index is 11.6. The van der Waals surface area contributed by atoms with Crippen molar-refractivity contribution in [2.45, 2.75) is 19.8 Å². The lowest BCUT2D eigenvalue weighted by Crippen LogP contribution is -2.39. The summed E-state index contributed by atoms with van der Waals surface area (Å²) in [6.45, 7) is 3.80. The van der Waals surface area contributed by atoms with Gasteiger partial charge in [-0.2, -0.15) is 0 Å². The first-order valence-electron chi connectivity index (χ1n) is 6.50. The van der Waals surface area contributed by atoms with E-state index in [1.165, 1.54) is 0 Å². The van der Waals surface area contributed by atoms with Gasteiger partial charge in [0.2, 0.25) is 0 Å². The number of carbonyl (C=O) groups is 1. The molecule has 0 unspecified atom stereocenters. The van der Waals surface area contributed by atoms with Gasteiger partial charge in [0.1, 0.15) is 12.4 Å². The molecule has 0 aromatic heterocycles. The fourth-order valence-corrected chi connectivity index (χ4v) is 1.62. The van der Waals surface area contributed by atoms with Crippen molar-refractivity contribution >= 4 is 17.6 Å². The van der Waals surface area contributed by atoms with Crippen molar-refractivity contribution in [3.63, 3.8) is 0 Å². The number of nitrogens with one attached hydrogen (secondary N) is 1. The number of carbonyl (C=O) groups excluding carboxylic acids is 1. The molecule has 19 heavy (non-hydrogen) atoms. The van der Waals surface area contributed by atoms with E-state index in [-0.39, 0.29) is 6.03 Å². The molecule has 4 nitrogen and oxygen atoms in total. The fourth-order valence-electron chi connectivity index (χ4n) is 1.49. The van der Waals surface area contributed by atoms with Gasteiger partial charge in [-0.3, -0.25) is 0 Å². The molecule has 0 aliphatic heterocycles. The molecule has 0 spiro atoms. The topological polar surface area (TPSA) is 41.6 Å². The maximum Gasteiger partial charge on any atom is 0.317 e. The molecule has 106 valence electrons. The average Bonchev–Trinajstić information content (AvgIpc) is 2.42. The van der Waals surface area contributed by atoms with Crippen LogP contribution in [0, 0.1) is 0 Å². The van der Waals surface area contributed by atoms with E-state index in [9.17, 15) is 4.79 Å². The fraction of sp³-hybridized carbons (Fsp3) is 0.500. The van der Waals surface area contributed by atoms with E-state index < -0.39 is 0 Å². The minimum atomic E-state index is -0.0619. The summed E-state index contributed by atoms with van der Waals surface area (Å²) in [6, 6.07) is 7.09. The molecule has 0 aliphatic carbocycles. The van der Waals surface area contributed by atoms with Gasteiger partial charge in [0.25, 0.3) is 0 Å². The zero-order chi connectivity index (χ0) is 14.1. The lowest BCUT2D eigenvalue weighted by atomic mass is 10.3. The molecule has 0 aliphatic rings. The van der Waals surface area contributed by atoms with E-state index in [1.807, 2.05) is 0 Å². The van der Waals surface area contributed by atoms with Gasteiger partial charge >= 0.3 is 6.03 Å². The molecule has 0 saturated carbocycles. The molecule has 0 atom stereocenters. The monoisotopic (exact) mass is 284 g/mol. The largest absolute Gasteiger partial charge is 0.492 e. The van der Waals surface area contributed by atoms with Crippen molar-refractivity contribution < 1.29 is 9.53 Å². The number of hydrogen-bond acceptors (Lipinski definition) is 2. The first-order valence-corrected chi connectivity index (χ1v) is 6.88. The van der Waals surface area contributed by atoms with Crippen molar-refractivity contribution in [1.82, 2.24) is 10.2 Å². The van der Waals surface area contributed by atoms with Crippen molar-refractivity contribution in [3.05, 3.63) is 29.3 Å². The van der Waals surface area contributed by atoms with Crippen LogP contribution in [0.25, 0.3) is 0 Å². The van der Waals surface area contributed by atoms with Gasteiger partial charge < -0.3 is 15.0 Å². The maximum absolute atomic E-state index is 11.6. The Morgan fingerprint density at radius 2 is 2.05 bits per heavy atom. The van der Waals surface area contributed by atoms with Gasteiger partial charge in [0.05, 0.1) is 6.54 Å². The van der Waals surface area contributed by atoms with Gasteiger partial charge in [-0.25, -0.2) is 4.79 Å². The Bertz CT molecular complexity index is 382. The first-order chi connectivity index (χ1) is 9.13. The second kappa shape index (κ2) is 8.64. The summed E-state index contributed by atoms with van der Waals surface area (Å²) in [4.78, 5) is 13.3. The number of unbranched alkanes of at least 4 members (excludes halogenated alkanes) is 1. The van der Waals surface area contributed by atoms with E-state index in [4.69, 9.17) is 16.3 Å². The third-order valence-corrected chi connectivity index (χ3v) is 2.91. The predicted octanol–water partition coefficient (Wildman–Crippen LogP) is 3.16. The summed E-state index contributed by atoms with van der Waals surface area (Å²) in [5.41, 5.74) is 0. The number of halogens is 1. The van der Waals surface area contributed by atoms with Crippen molar-refractivity contribution in [3.8, 4) is 5.75 Å². The third kappa shape index (κ3) is 6.34. The predicted molar refractivity (Wildman–Crippen MR) is 77.9 cm³/mol. The van der Waals surface area contributed by atoms with E-state index in [2.05, 4.69) is 12.2 Å². The molecule has 1 rings (SSSR count). The number of ether oxygens (including phenoxy) is 1. The molecule has 0 radical (unpaired) electrons. The summed E-state index contributed by atoms with van der Waals surface area (Å²) in [5, 5.41) is 3.49. The van der Waals surface area contributed by atoms with Crippen LogP contribution in [0.15, 0.2) is 24.3 Å². The molecule has 1 N–H and O–H groups in total. The molecule has 1 aromatic rings. The average molecular weight is 285 g/mol. The van der Waals surface area contributed by atoms with Crippen LogP contribution in [0.4, 0.5) is 4.79 Å². The van der Waals surface area contributed by atoms with E-state index in [0.717, 1.165) is 25.1 Å². The van der Waals surface area contributed by atoms with Crippen molar-refractivity contribution in [1.29, 1.82) is 0 Å². The smallest absolute Gasteiger partial charge is 0.317 e. The number of hydrogen-bond donors (Lipinski definition) is 1. The Kier molecular flexibility index (Phi) is 7.11. The van der Waals surface area contributed by atoms with Crippen LogP contribution in [0.5, 0.6) is 5.75 Å². The Morgan fingerprint density at radius 3 is 2.68 bits per heavy atom. The van der Waals surface area contributed by atoms with E-state index in [1.54, 1.807) is 36.2 Å². The molecule has 0 heterocycles. The van der Waals surface area contributed by atoms with Crippen molar-refractivity contribution in [2.75, 3.05) is 26.7 Å². The highest BCUT2D eigenvalue weighted by atomic mass is 35.5. The van der Waals surface area contributed by atoms with Crippen LogP contribution >= 0.6 is 11.6 Å². The normalized spacial score (nSPS) is 10.1. The molecule has 0 fully saturated rings.